The number of rotatable bonds is 6. The molecule has 3 N–H and O–H groups in total. The second-order valence-corrected chi connectivity index (χ2v) is 4.96. The molecule has 0 aliphatic rings. The average molecular weight is 264 g/mol. The maximum Gasteiger partial charge on any atom is 0.221 e. The van der Waals surface area contributed by atoms with Gasteiger partial charge in [0, 0.05) is 6.92 Å². The lowest BCUT2D eigenvalue weighted by Crippen LogP contribution is -2.18. The molecule has 4 nitrogen and oxygen atoms in total. The topological polar surface area (TPSA) is 64.3 Å². The van der Waals surface area contributed by atoms with Crippen LogP contribution in [0, 0.1) is 5.92 Å². The Hall–Kier alpha value is -1.55. The number of carbonyl (C=O) groups excluding carboxylic acids is 1. The third-order valence-electron chi connectivity index (χ3n) is 3.10. The molecule has 0 spiro atoms. The molecule has 0 saturated heterocycles. The van der Waals surface area contributed by atoms with E-state index in [4.69, 9.17) is 10.5 Å². The predicted octanol–water partition coefficient (Wildman–Crippen LogP) is 2.74. The Morgan fingerprint density at radius 3 is 2.58 bits per heavy atom. The van der Waals surface area contributed by atoms with E-state index in [-0.39, 0.29) is 11.8 Å². The molecular weight excluding hydrogens is 240 g/mol. The zero-order valence-corrected chi connectivity index (χ0v) is 12.2. The van der Waals surface area contributed by atoms with E-state index in [0.717, 1.165) is 5.56 Å². The maximum atomic E-state index is 11.3. The first kappa shape index (κ1) is 15.5. The molecule has 0 aromatic heterocycles. The van der Waals surface area contributed by atoms with Crippen LogP contribution in [0.3, 0.4) is 0 Å². The number of ether oxygens (including phenoxy) is 1. The molecule has 0 bridgehead atoms. The fraction of sp³-hybridized carbons (Fsp3) is 0.533. The van der Waals surface area contributed by atoms with Crippen LogP contribution in [0.15, 0.2) is 18.2 Å². The summed E-state index contributed by atoms with van der Waals surface area (Å²) in [6.45, 7) is 8.85. The number of nitrogens with one attached hydrogen (secondary N) is 1. The van der Waals surface area contributed by atoms with Gasteiger partial charge in [0.15, 0.2) is 0 Å². The second-order valence-electron chi connectivity index (χ2n) is 4.96. The highest BCUT2D eigenvalue weighted by atomic mass is 16.5. The fourth-order valence-electron chi connectivity index (χ4n) is 2.14. The number of hydrogen-bond donors (Lipinski definition) is 2. The smallest absolute Gasteiger partial charge is 0.221 e. The summed E-state index contributed by atoms with van der Waals surface area (Å²) < 4.78 is 5.52. The number of benzene rings is 1. The molecule has 0 saturated carbocycles. The SMILES string of the molecule is CCOc1ccc(C(CN)C(C)C)cc1NC(C)=O. The van der Waals surface area contributed by atoms with Gasteiger partial charge in [-0.2, -0.15) is 0 Å². The second kappa shape index (κ2) is 7.14. The van der Waals surface area contributed by atoms with Gasteiger partial charge in [-0.05, 0) is 43.0 Å². The van der Waals surface area contributed by atoms with Gasteiger partial charge >= 0.3 is 0 Å². The van der Waals surface area contributed by atoms with Crippen molar-refractivity contribution in [2.24, 2.45) is 11.7 Å². The summed E-state index contributed by atoms with van der Waals surface area (Å²) in [4.78, 5) is 11.3. The highest BCUT2D eigenvalue weighted by Crippen LogP contribution is 2.31. The Bertz CT molecular complexity index is 430. The van der Waals surface area contributed by atoms with Crippen LogP contribution < -0.4 is 15.8 Å². The minimum absolute atomic E-state index is 0.105. The minimum Gasteiger partial charge on any atom is -0.492 e. The molecule has 1 aromatic rings. The van der Waals surface area contributed by atoms with Crippen LogP contribution in [-0.2, 0) is 4.79 Å². The molecule has 1 rings (SSSR count). The van der Waals surface area contributed by atoms with Crippen molar-refractivity contribution in [3.63, 3.8) is 0 Å². The van der Waals surface area contributed by atoms with Crippen molar-refractivity contribution in [2.45, 2.75) is 33.6 Å². The van der Waals surface area contributed by atoms with Gasteiger partial charge in [0.05, 0.1) is 12.3 Å². The first-order chi connectivity index (χ1) is 8.99. The highest BCUT2D eigenvalue weighted by Gasteiger charge is 2.16. The molecule has 1 aromatic carbocycles. The number of amides is 1. The number of anilines is 1. The van der Waals surface area contributed by atoms with Gasteiger partial charge in [0.25, 0.3) is 0 Å². The van der Waals surface area contributed by atoms with E-state index < -0.39 is 0 Å². The predicted molar refractivity (Wildman–Crippen MR) is 78.5 cm³/mol. The van der Waals surface area contributed by atoms with Gasteiger partial charge in [-0.25, -0.2) is 0 Å². The van der Waals surface area contributed by atoms with Crippen LogP contribution in [0.1, 0.15) is 39.2 Å². The van der Waals surface area contributed by atoms with Gasteiger partial charge in [-0.15, -0.1) is 0 Å². The summed E-state index contributed by atoms with van der Waals surface area (Å²) in [5.74, 6) is 1.32. The fourth-order valence-corrected chi connectivity index (χ4v) is 2.14. The van der Waals surface area contributed by atoms with Crippen LogP contribution in [0.5, 0.6) is 5.75 Å². The molecule has 0 fully saturated rings. The first-order valence-corrected chi connectivity index (χ1v) is 6.74. The maximum absolute atomic E-state index is 11.3. The lowest BCUT2D eigenvalue weighted by Gasteiger charge is -2.21. The summed E-state index contributed by atoms with van der Waals surface area (Å²) >= 11 is 0. The van der Waals surface area contributed by atoms with Gasteiger partial charge in [0.2, 0.25) is 5.91 Å². The molecule has 106 valence electrons. The Kier molecular flexibility index (Phi) is 5.83. The Morgan fingerprint density at radius 2 is 2.11 bits per heavy atom. The first-order valence-electron chi connectivity index (χ1n) is 6.74. The zero-order chi connectivity index (χ0) is 14.4. The van der Waals surface area contributed by atoms with Crippen molar-refractivity contribution in [3.05, 3.63) is 23.8 Å². The van der Waals surface area contributed by atoms with E-state index in [1.54, 1.807) is 0 Å². The van der Waals surface area contributed by atoms with Crippen molar-refractivity contribution in [1.29, 1.82) is 0 Å². The van der Waals surface area contributed by atoms with E-state index in [2.05, 4.69) is 19.2 Å². The van der Waals surface area contributed by atoms with E-state index in [1.165, 1.54) is 6.92 Å². The number of nitrogens with two attached hydrogens (primary N) is 1. The number of hydrogen-bond acceptors (Lipinski definition) is 3. The molecule has 1 amide bonds. The highest BCUT2D eigenvalue weighted by molar-refractivity contribution is 5.90. The van der Waals surface area contributed by atoms with Crippen LogP contribution in [0.2, 0.25) is 0 Å². The quantitative estimate of drug-likeness (QED) is 0.830. The van der Waals surface area contributed by atoms with Gasteiger partial charge in [0.1, 0.15) is 5.75 Å². The minimum atomic E-state index is -0.105. The van der Waals surface area contributed by atoms with Crippen LogP contribution in [0.4, 0.5) is 5.69 Å². The van der Waals surface area contributed by atoms with E-state index >= 15 is 0 Å². The van der Waals surface area contributed by atoms with Crippen molar-refractivity contribution >= 4 is 11.6 Å². The van der Waals surface area contributed by atoms with Crippen molar-refractivity contribution < 1.29 is 9.53 Å². The van der Waals surface area contributed by atoms with Gasteiger partial charge < -0.3 is 15.8 Å². The third-order valence-corrected chi connectivity index (χ3v) is 3.10. The Morgan fingerprint density at radius 1 is 1.42 bits per heavy atom. The third kappa shape index (κ3) is 4.24. The molecule has 0 aliphatic carbocycles. The summed E-state index contributed by atoms with van der Waals surface area (Å²) in [6, 6.07) is 5.88. The van der Waals surface area contributed by atoms with Crippen LogP contribution >= 0.6 is 0 Å². The normalized spacial score (nSPS) is 12.3. The molecule has 1 atom stereocenters. The molecular formula is C15H24N2O2. The Labute approximate surface area is 115 Å². The molecule has 0 aliphatic heterocycles. The summed E-state index contributed by atoms with van der Waals surface area (Å²) in [6.07, 6.45) is 0. The number of carbonyl (C=O) groups is 1. The monoisotopic (exact) mass is 264 g/mol. The standard InChI is InChI=1S/C15H24N2O2/c1-5-19-15-7-6-12(13(9-16)10(2)3)8-14(15)17-11(4)18/h6-8,10,13H,5,9,16H2,1-4H3,(H,17,18). The Balaban J connectivity index is 3.12. The van der Waals surface area contributed by atoms with Crippen molar-refractivity contribution in [3.8, 4) is 5.75 Å². The van der Waals surface area contributed by atoms with Gasteiger partial charge in [-0.3, -0.25) is 4.79 Å². The van der Waals surface area contributed by atoms with Crippen LogP contribution in [-0.4, -0.2) is 19.1 Å². The van der Waals surface area contributed by atoms with E-state index in [0.29, 0.717) is 30.5 Å². The lowest BCUT2D eigenvalue weighted by atomic mass is 9.88. The molecule has 0 radical (unpaired) electrons. The van der Waals surface area contributed by atoms with Gasteiger partial charge in [-0.1, -0.05) is 19.9 Å². The van der Waals surface area contributed by atoms with Crippen molar-refractivity contribution in [1.82, 2.24) is 0 Å². The average Bonchev–Trinajstić information content (AvgIpc) is 2.32. The largest absolute Gasteiger partial charge is 0.492 e. The summed E-state index contributed by atoms with van der Waals surface area (Å²) in [5, 5.41) is 2.81. The molecule has 19 heavy (non-hydrogen) atoms. The zero-order valence-electron chi connectivity index (χ0n) is 12.2. The molecule has 0 heterocycles. The summed E-state index contributed by atoms with van der Waals surface area (Å²) in [7, 11) is 0. The molecule has 1 unspecified atom stereocenters. The van der Waals surface area contributed by atoms with E-state index in [9.17, 15) is 4.79 Å². The van der Waals surface area contributed by atoms with Crippen molar-refractivity contribution in [2.75, 3.05) is 18.5 Å². The summed E-state index contributed by atoms with van der Waals surface area (Å²) in [5.41, 5.74) is 7.68. The van der Waals surface area contributed by atoms with E-state index in [1.807, 2.05) is 25.1 Å². The lowest BCUT2D eigenvalue weighted by molar-refractivity contribution is -0.114. The van der Waals surface area contributed by atoms with Crippen LogP contribution in [0.25, 0.3) is 0 Å². The molecule has 4 heteroatoms.